The zero-order valence-electron chi connectivity index (χ0n) is 12.1. The third-order valence-electron chi connectivity index (χ3n) is 4.63. The van der Waals surface area contributed by atoms with Gasteiger partial charge in [0.15, 0.2) is 0 Å². The normalized spacial score (nSPS) is 20.6. The summed E-state index contributed by atoms with van der Waals surface area (Å²) in [5, 5.41) is 0. The van der Waals surface area contributed by atoms with Crippen LogP contribution in [-0.4, -0.2) is 24.5 Å². The molecule has 0 amide bonds. The quantitative estimate of drug-likeness (QED) is 0.678. The Bertz CT molecular complexity index is 188. The predicted molar refractivity (Wildman–Crippen MR) is 72.7 cm³/mol. The lowest BCUT2D eigenvalue weighted by atomic mass is 9.72. The van der Waals surface area contributed by atoms with Crippen molar-refractivity contribution in [3.05, 3.63) is 0 Å². The van der Waals surface area contributed by atoms with Crippen LogP contribution in [0.2, 0.25) is 0 Å². The molecule has 96 valence electrons. The van der Waals surface area contributed by atoms with E-state index in [0.29, 0.717) is 5.41 Å². The van der Waals surface area contributed by atoms with E-state index in [1.165, 1.54) is 45.3 Å². The summed E-state index contributed by atoms with van der Waals surface area (Å²) in [5.74, 6) is 1.80. The third-order valence-corrected chi connectivity index (χ3v) is 4.63. The summed E-state index contributed by atoms with van der Waals surface area (Å²) in [6.45, 7) is 15.9. The SMILES string of the molecule is CCC(C)(C)C1CCN(CCC(C)C)CC1. The maximum absolute atomic E-state index is 2.67. The molecular weight excluding hydrogens is 194 g/mol. The molecule has 0 aromatic heterocycles. The van der Waals surface area contributed by atoms with Gasteiger partial charge in [0.2, 0.25) is 0 Å². The fourth-order valence-corrected chi connectivity index (χ4v) is 2.67. The Labute approximate surface area is 103 Å². The molecule has 1 aliphatic rings. The molecule has 0 aromatic carbocycles. The number of hydrogen-bond donors (Lipinski definition) is 0. The molecule has 1 heteroatoms. The van der Waals surface area contributed by atoms with E-state index < -0.39 is 0 Å². The van der Waals surface area contributed by atoms with Crippen molar-refractivity contribution < 1.29 is 0 Å². The molecule has 0 atom stereocenters. The lowest BCUT2D eigenvalue weighted by Gasteiger charge is -2.40. The standard InChI is InChI=1S/C15H31N/c1-6-15(4,5)14-8-11-16(12-9-14)10-7-13(2)3/h13-14H,6-12H2,1-5H3. The Morgan fingerprint density at radius 1 is 1.19 bits per heavy atom. The van der Waals surface area contributed by atoms with Crippen LogP contribution in [0, 0.1) is 17.3 Å². The largest absolute Gasteiger partial charge is 0.303 e. The number of likely N-dealkylation sites (tertiary alicyclic amines) is 1. The Hall–Kier alpha value is -0.0400. The fourth-order valence-electron chi connectivity index (χ4n) is 2.67. The Balaban J connectivity index is 2.28. The monoisotopic (exact) mass is 225 g/mol. The highest BCUT2D eigenvalue weighted by molar-refractivity contribution is 4.82. The van der Waals surface area contributed by atoms with Crippen molar-refractivity contribution in [2.45, 2.75) is 60.3 Å². The minimum atomic E-state index is 0.560. The number of rotatable bonds is 5. The van der Waals surface area contributed by atoms with Gasteiger partial charge in [0.05, 0.1) is 0 Å². The Morgan fingerprint density at radius 2 is 1.75 bits per heavy atom. The molecule has 1 nitrogen and oxygen atoms in total. The van der Waals surface area contributed by atoms with E-state index in [-0.39, 0.29) is 0 Å². The van der Waals surface area contributed by atoms with E-state index in [9.17, 15) is 0 Å². The van der Waals surface area contributed by atoms with Crippen LogP contribution >= 0.6 is 0 Å². The molecule has 1 heterocycles. The zero-order chi connectivity index (χ0) is 12.2. The Kier molecular flexibility index (Phi) is 5.30. The average molecular weight is 225 g/mol. The molecule has 0 aliphatic carbocycles. The second-order valence-corrected chi connectivity index (χ2v) is 6.64. The molecule has 0 saturated carbocycles. The van der Waals surface area contributed by atoms with Gasteiger partial charge in [-0.1, -0.05) is 41.0 Å². The second-order valence-electron chi connectivity index (χ2n) is 6.64. The van der Waals surface area contributed by atoms with E-state index in [1.54, 1.807) is 0 Å². The molecule has 16 heavy (non-hydrogen) atoms. The van der Waals surface area contributed by atoms with E-state index in [2.05, 4.69) is 39.5 Å². The van der Waals surface area contributed by atoms with Gasteiger partial charge in [-0.05, 0) is 56.1 Å². The molecule has 0 unspecified atom stereocenters. The van der Waals surface area contributed by atoms with Crippen molar-refractivity contribution in [3.8, 4) is 0 Å². The molecule has 1 saturated heterocycles. The zero-order valence-corrected chi connectivity index (χ0v) is 12.1. The first-order chi connectivity index (χ1) is 7.45. The first-order valence-corrected chi connectivity index (χ1v) is 7.18. The van der Waals surface area contributed by atoms with Gasteiger partial charge in [0, 0.05) is 0 Å². The van der Waals surface area contributed by atoms with E-state index in [0.717, 1.165) is 11.8 Å². The van der Waals surface area contributed by atoms with Crippen LogP contribution in [0.1, 0.15) is 60.3 Å². The number of hydrogen-bond acceptors (Lipinski definition) is 1. The minimum Gasteiger partial charge on any atom is -0.303 e. The van der Waals surface area contributed by atoms with E-state index in [1.807, 2.05) is 0 Å². The summed E-state index contributed by atoms with van der Waals surface area (Å²) in [4.78, 5) is 2.67. The van der Waals surface area contributed by atoms with Crippen molar-refractivity contribution in [1.29, 1.82) is 0 Å². The summed E-state index contributed by atoms with van der Waals surface area (Å²) in [6, 6.07) is 0. The van der Waals surface area contributed by atoms with Crippen LogP contribution in [0.3, 0.4) is 0 Å². The van der Waals surface area contributed by atoms with Gasteiger partial charge in [-0.3, -0.25) is 0 Å². The van der Waals surface area contributed by atoms with Crippen LogP contribution in [0.15, 0.2) is 0 Å². The van der Waals surface area contributed by atoms with Crippen molar-refractivity contribution in [2.75, 3.05) is 19.6 Å². The van der Waals surface area contributed by atoms with Crippen LogP contribution < -0.4 is 0 Å². The maximum atomic E-state index is 2.67. The minimum absolute atomic E-state index is 0.560. The molecule has 0 radical (unpaired) electrons. The first kappa shape index (κ1) is 14.0. The molecule has 0 N–H and O–H groups in total. The molecule has 1 rings (SSSR count). The van der Waals surface area contributed by atoms with E-state index >= 15 is 0 Å². The first-order valence-electron chi connectivity index (χ1n) is 7.18. The lowest BCUT2D eigenvalue weighted by Crippen LogP contribution is -2.39. The summed E-state index contributed by atoms with van der Waals surface area (Å²) in [5.41, 5.74) is 0.560. The van der Waals surface area contributed by atoms with Crippen LogP contribution in [0.4, 0.5) is 0 Å². The van der Waals surface area contributed by atoms with Crippen molar-refractivity contribution in [2.24, 2.45) is 17.3 Å². The number of nitrogens with zero attached hydrogens (tertiary/aromatic N) is 1. The van der Waals surface area contributed by atoms with E-state index in [4.69, 9.17) is 0 Å². The molecular formula is C15H31N. The maximum Gasteiger partial charge on any atom is -0.00159 e. The van der Waals surface area contributed by atoms with Gasteiger partial charge in [-0.2, -0.15) is 0 Å². The van der Waals surface area contributed by atoms with Crippen LogP contribution in [-0.2, 0) is 0 Å². The summed E-state index contributed by atoms with van der Waals surface area (Å²) < 4.78 is 0. The average Bonchev–Trinajstić information content (AvgIpc) is 2.27. The molecule has 0 aromatic rings. The smallest absolute Gasteiger partial charge is 0.00159 e. The van der Waals surface area contributed by atoms with Gasteiger partial charge < -0.3 is 4.90 Å². The molecule has 1 fully saturated rings. The topological polar surface area (TPSA) is 3.24 Å². The summed E-state index contributed by atoms with van der Waals surface area (Å²) >= 11 is 0. The molecule has 1 aliphatic heterocycles. The van der Waals surface area contributed by atoms with Crippen LogP contribution in [0.5, 0.6) is 0 Å². The highest BCUT2D eigenvalue weighted by Gasteiger charge is 2.30. The fraction of sp³-hybridized carbons (Fsp3) is 1.00. The molecule has 0 bridgehead atoms. The third kappa shape index (κ3) is 4.08. The summed E-state index contributed by atoms with van der Waals surface area (Å²) in [7, 11) is 0. The van der Waals surface area contributed by atoms with Gasteiger partial charge >= 0.3 is 0 Å². The van der Waals surface area contributed by atoms with Gasteiger partial charge in [0.25, 0.3) is 0 Å². The van der Waals surface area contributed by atoms with Gasteiger partial charge in [-0.15, -0.1) is 0 Å². The van der Waals surface area contributed by atoms with Gasteiger partial charge in [0.1, 0.15) is 0 Å². The van der Waals surface area contributed by atoms with Crippen LogP contribution in [0.25, 0.3) is 0 Å². The van der Waals surface area contributed by atoms with Crippen molar-refractivity contribution >= 4 is 0 Å². The van der Waals surface area contributed by atoms with Gasteiger partial charge in [-0.25, -0.2) is 0 Å². The van der Waals surface area contributed by atoms with Crippen molar-refractivity contribution in [1.82, 2.24) is 4.90 Å². The lowest BCUT2D eigenvalue weighted by molar-refractivity contribution is 0.0947. The highest BCUT2D eigenvalue weighted by Crippen LogP contribution is 2.37. The number of piperidine rings is 1. The Morgan fingerprint density at radius 3 is 2.19 bits per heavy atom. The second kappa shape index (κ2) is 6.05. The predicted octanol–water partition coefficient (Wildman–Crippen LogP) is 4.18. The van der Waals surface area contributed by atoms with Crippen molar-refractivity contribution in [3.63, 3.8) is 0 Å². The molecule has 0 spiro atoms. The highest BCUT2D eigenvalue weighted by atomic mass is 15.1. The summed E-state index contributed by atoms with van der Waals surface area (Å²) in [6.07, 6.45) is 5.52.